The number of piperazine rings is 1. The predicted molar refractivity (Wildman–Crippen MR) is 98.7 cm³/mol. The molecule has 1 aliphatic heterocycles. The van der Waals surface area contributed by atoms with Crippen LogP contribution in [0.25, 0.3) is 0 Å². The Morgan fingerprint density at radius 1 is 1.12 bits per heavy atom. The van der Waals surface area contributed by atoms with Gasteiger partial charge < -0.3 is 5.32 Å². The topological polar surface area (TPSA) is 69.7 Å². The second-order valence-electron chi connectivity index (χ2n) is 7.79. The smallest absolute Gasteiger partial charge is 0.243 e. The van der Waals surface area contributed by atoms with Crippen molar-refractivity contribution in [1.82, 2.24) is 14.5 Å². The van der Waals surface area contributed by atoms with Crippen molar-refractivity contribution < 1.29 is 17.6 Å². The summed E-state index contributed by atoms with van der Waals surface area (Å²) in [4.78, 5) is 14.1. The lowest BCUT2D eigenvalue weighted by Crippen LogP contribution is -2.50. The number of rotatable bonds is 6. The van der Waals surface area contributed by atoms with Gasteiger partial charge in [-0.2, -0.15) is 4.31 Å². The molecule has 1 fully saturated rings. The summed E-state index contributed by atoms with van der Waals surface area (Å²) in [5.74, 6) is -0.419. The van der Waals surface area contributed by atoms with E-state index in [1.54, 1.807) is 0 Å². The Hall–Kier alpha value is -1.51. The number of amides is 1. The molecule has 146 valence electrons. The third kappa shape index (κ3) is 6.03. The molecule has 0 atom stereocenters. The quantitative estimate of drug-likeness (QED) is 0.809. The van der Waals surface area contributed by atoms with Crippen LogP contribution in [0, 0.1) is 11.2 Å². The first-order valence-electron chi connectivity index (χ1n) is 8.83. The van der Waals surface area contributed by atoms with Gasteiger partial charge in [-0.1, -0.05) is 20.8 Å². The molecular weight excluding hydrogens is 357 g/mol. The van der Waals surface area contributed by atoms with Gasteiger partial charge in [-0.3, -0.25) is 9.69 Å². The highest BCUT2D eigenvalue weighted by Gasteiger charge is 2.28. The van der Waals surface area contributed by atoms with Gasteiger partial charge in [0.1, 0.15) is 5.82 Å². The molecule has 1 heterocycles. The second kappa shape index (κ2) is 8.45. The first-order chi connectivity index (χ1) is 12.1. The van der Waals surface area contributed by atoms with Crippen LogP contribution < -0.4 is 5.32 Å². The van der Waals surface area contributed by atoms with Gasteiger partial charge in [0.25, 0.3) is 0 Å². The number of nitrogens with one attached hydrogen (secondary N) is 1. The Morgan fingerprint density at radius 3 is 2.23 bits per heavy atom. The number of nitrogens with zero attached hydrogens (tertiary/aromatic N) is 2. The van der Waals surface area contributed by atoms with Crippen LogP contribution in [0.3, 0.4) is 0 Å². The van der Waals surface area contributed by atoms with E-state index >= 15 is 0 Å². The number of sulfonamides is 1. The minimum atomic E-state index is -3.59. The van der Waals surface area contributed by atoms with Crippen molar-refractivity contribution >= 4 is 15.9 Å². The maximum atomic E-state index is 13.0. The largest absolute Gasteiger partial charge is 0.355 e. The third-order valence-electron chi connectivity index (χ3n) is 4.22. The lowest BCUT2D eigenvalue weighted by Gasteiger charge is -2.34. The van der Waals surface area contributed by atoms with E-state index in [0.29, 0.717) is 45.7 Å². The number of carbonyl (C=O) groups is 1. The van der Waals surface area contributed by atoms with E-state index in [9.17, 15) is 17.6 Å². The zero-order valence-corrected chi connectivity index (χ0v) is 16.5. The first kappa shape index (κ1) is 20.8. The Morgan fingerprint density at radius 2 is 1.69 bits per heavy atom. The Kier molecular flexibility index (Phi) is 6.76. The lowest BCUT2D eigenvalue weighted by molar-refractivity contribution is -0.122. The number of carbonyl (C=O) groups excluding carboxylic acids is 1. The van der Waals surface area contributed by atoms with Gasteiger partial charge in [-0.15, -0.1) is 0 Å². The van der Waals surface area contributed by atoms with E-state index in [0.717, 1.165) is 12.1 Å². The highest BCUT2D eigenvalue weighted by Crippen LogP contribution is 2.19. The Balaban J connectivity index is 1.78. The van der Waals surface area contributed by atoms with E-state index in [2.05, 4.69) is 10.2 Å². The Labute approximate surface area is 155 Å². The van der Waals surface area contributed by atoms with E-state index in [4.69, 9.17) is 0 Å². The number of hydrogen-bond acceptors (Lipinski definition) is 4. The highest BCUT2D eigenvalue weighted by molar-refractivity contribution is 7.89. The fourth-order valence-electron chi connectivity index (χ4n) is 2.85. The highest BCUT2D eigenvalue weighted by atomic mass is 32.2. The zero-order chi connectivity index (χ0) is 19.4. The molecule has 0 spiro atoms. The van der Waals surface area contributed by atoms with Crippen molar-refractivity contribution in [1.29, 1.82) is 0 Å². The van der Waals surface area contributed by atoms with Crippen LogP contribution in [0.15, 0.2) is 29.2 Å². The van der Waals surface area contributed by atoms with E-state index in [-0.39, 0.29) is 16.2 Å². The summed E-state index contributed by atoms with van der Waals surface area (Å²) in [5.41, 5.74) is -0.0373. The molecule has 0 bridgehead atoms. The van der Waals surface area contributed by atoms with Crippen molar-refractivity contribution in [2.45, 2.75) is 32.1 Å². The van der Waals surface area contributed by atoms with Crippen molar-refractivity contribution in [2.24, 2.45) is 5.41 Å². The maximum absolute atomic E-state index is 13.0. The van der Waals surface area contributed by atoms with Crippen molar-refractivity contribution in [2.75, 3.05) is 39.3 Å². The van der Waals surface area contributed by atoms with E-state index in [1.807, 2.05) is 20.8 Å². The number of benzene rings is 1. The second-order valence-corrected chi connectivity index (χ2v) is 9.72. The minimum absolute atomic E-state index is 0.0371. The van der Waals surface area contributed by atoms with Crippen LogP contribution in [-0.2, 0) is 14.8 Å². The SMILES string of the molecule is CC(C)(C)CC(=O)NCCN1CCN(S(=O)(=O)c2ccc(F)cc2)CC1. The normalized spacial score (nSPS) is 17.2. The van der Waals surface area contributed by atoms with Gasteiger partial charge in [0.15, 0.2) is 0 Å². The molecular formula is C18H28FN3O3S. The van der Waals surface area contributed by atoms with Gasteiger partial charge >= 0.3 is 0 Å². The van der Waals surface area contributed by atoms with Gasteiger partial charge in [0, 0.05) is 45.7 Å². The van der Waals surface area contributed by atoms with Crippen molar-refractivity contribution in [3.8, 4) is 0 Å². The van der Waals surface area contributed by atoms with E-state index < -0.39 is 15.8 Å². The first-order valence-corrected chi connectivity index (χ1v) is 10.3. The third-order valence-corrected chi connectivity index (χ3v) is 6.14. The Bertz CT molecular complexity index is 706. The van der Waals surface area contributed by atoms with Crippen LogP contribution >= 0.6 is 0 Å². The summed E-state index contributed by atoms with van der Waals surface area (Å²) in [7, 11) is -3.59. The number of hydrogen-bond donors (Lipinski definition) is 1. The van der Waals surface area contributed by atoms with Crippen molar-refractivity contribution in [3.05, 3.63) is 30.1 Å². The van der Waals surface area contributed by atoms with Crippen LogP contribution in [-0.4, -0.2) is 62.8 Å². The summed E-state index contributed by atoms with van der Waals surface area (Å²) in [6.07, 6.45) is 0.483. The van der Waals surface area contributed by atoms with E-state index in [1.165, 1.54) is 16.4 Å². The molecule has 1 aromatic rings. The molecule has 6 nitrogen and oxygen atoms in total. The number of halogens is 1. The fraction of sp³-hybridized carbons (Fsp3) is 0.611. The van der Waals surface area contributed by atoms with Gasteiger partial charge in [0.05, 0.1) is 4.90 Å². The zero-order valence-electron chi connectivity index (χ0n) is 15.7. The summed E-state index contributed by atoms with van der Waals surface area (Å²) in [6.45, 7) is 9.30. The molecule has 1 N–H and O–H groups in total. The van der Waals surface area contributed by atoms with Crippen molar-refractivity contribution in [3.63, 3.8) is 0 Å². The summed E-state index contributed by atoms with van der Waals surface area (Å²) in [5, 5.41) is 2.91. The molecule has 26 heavy (non-hydrogen) atoms. The predicted octanol–water partition coefficient (Wildman–Crippen LogP) is 1.68. The molecule has 1 aliphatic rings. The molecule has 0 aliphatic carbocycles. The summed E-state index contributed by atoms with van der Waals surface area (Å²) in [6, 6.07) is 4.90. The van der Waals surface area contributed by atoms with Crippen LogP contribution in [0.4, 0.5) is 4.39 Å². The molecule has 0 saturated carbocycles. The van der Waals surface area contributed by atoms with Gasteiger partial charge in [-0.05, 0) is 29.7 Å². The average molecular weight is 386 g/mol. The summed E-state index contributed by atoms with van der Waals surface area (Å²) >= 11 is 0. The van der Waals surface area contributed by atoms with Crippen LogP contribution in [0.2, 0.25) is 0 Å². The molecule has 8 heteroatoms. The standard InChI is InChI=1S/C18H28FN3O3S/c1-18(2,3)14-17(23)20-8-9-21-10-12-22(13-11-21)26(24,25)16-6-4-15(19)5-7-16/h4-7H,8-14H2,1-3H3,(H,20,23). The molecule has 1 aromatic carbocycles. The lowest BCUT2D eigenvalue weighted by atomic mass is 9.92. The van der Waals surface area contributed by atoms with Gasteiger partial charge in [-0.25, -0.2) is 12.8 Å². The molecule has 0 radical (unpaired) electrons. The maximum Gasteiger partial charge on any atom is 0.243 e. The monoisotopic (exact) mass is 385 g/mol. The van der Waals surface area contributed by atoms with Gasteiger partial charge in [0.2, 0.25) is 15.9 Å². The molecule has 1 saturated heterocycles. The molecule has 0 unspecified atom stereocenters. The molecule has 2 rings (SSSR count). The fourth-order valence-corrected chi connectivity index (χ4v) is 4.27. The molecule has 1 amide bonds. The van der Waals surface area contributed by atoms with Crippen LogP contribution in [0.1, 0.15) is 27.2 Å². The molecule has 0 aromatic heterocycles. The average Bonchev–Trinajstić information content (AvgIpc) is 2.54. The summed E-state index contributed by atoms with van der Waals surface area (Å²) < 4.78 is 39.6. The minimum Gasteiger partial charge on any atom is -0.355 e. The van der Waals surface area contributed by atoms with Crippen LogP contribution in [0.5, 0.6) is 0 Å².